The molecule has 1 heterocycles. The van der Waals surface area contributed by atoms with Gasteiger partial charge in [-0.3, -0.25) is 14.9 Å². The summed E-state index contributed by atoms with van der Waals surface area (Å²) in [6.45, 7) is 3.96. The van der Waals surface area contributed by atoms with Crippen LogP contribution >= 0.6 is 11.8 Å². The van der Waals surface area contributed by atoms with Crippen LogP contribution in [0.3, 0.4) is 0 Å². The van der Waals surface area contributed by atoms with Gasteiger partial charge in [-0.05, 0) is 49.7 Å². The zero-order valence-electron chi connectivity index (χ0n) is 15.4. The summed E-state index contributed by atoms with van der Waals surface area (Å²) < 4.78 is 0. The van der Waals surface area contributed by atoms with E-state index in [0.29, 0.717) is 10.7 Å². The Bertz CT molecular complexity index is 1000. The molecule has 0 saturated heterocycles. The average Bonchev–Trinajstić information content (AvgIpc) is 2.69. The third kappa shape index (κ3) is 4.92. The van der Waals surface area contributed by atoms with Gasteiger partial charge in [0, 0.05) is 23.4 Å². The second-order valence-corrected chi connectivity index (χ2v) is 7.21. The summed E-state index contributed by atoms with van der Waals surface area (Å²) in [5, 5.41) is 22.5. The topological polar surface area (TPSA) is 98.0 Å². The van der Waals surface area contributed by atoms with Crippen molar-refractivity contribution in [3.05, 3.63) is 75.8 Å². The summed E-state index contributed by atoms with van der Waals surface area (Å²) in [4.78, 5) is 22.4. The van der Waals surface area contributed by atoms with E-state index in [4.69, 9.17) is 0 Å². The molecule has 142 valence electrons. The van der Waals surface area contributed by atoms with Gasteiger partial charge >= 0.3 is 0 Å². The molecule has 1 aromatic heterocycles. The maximum atomic E-state index is 12.2. The highest BCUT2D eigenvalue weighted by atomic mass is 32.2. The van der Waals surface area contributed by atoms with Crippen LogP contribution in [0.15, 0.2) is 59.6 Å². The van der Waals surface area contributed by atoms with Gasteiger partial charge in [-0.25, -0.2) is 0 Å². The lowest BCUT2D eigenvalue weighted by Crippen LogP contribution is -2.15. The van der Waals surface area contributed by atoms with Gasteiger partial charge in [-0.2, -0.15) is 0 Å². The summed E-state index contributed by atoms with van der Waals surface area (Å²) in [6.07, 6.45) is 0. The Morgan fingerprint density at radius 2 is 1.82 bits per heavy atom. The number of nitrogens with zero attached hydrogens (tertiary/aromatic N) is 3. The lowest BCUT2D eigenvalue weighted by atomic mass is 10.1. The SMILES string of the molecule is Cc1ccc(NC(=O)CSc2ccc(-c3ccc([N+](=O)[O-])cc3)nn2)c(C)c1. The molecule has 0 spiro atoms. The molecule has 3 rings (SSSR count). The first-order chi connectivity index (χ1) is 13.4. The zero-order chi connectivity index (χ0) is 20.1. The summed E-state index contributed by atoms with van der Waals surface area (Å²) in [6, 6.07) is 15.5. The molecule has 0 saturated carbocycles. The number of carbonyl (C=O) groups is 1. The maximum absolute atomic E-state index is 12.2. The van der Waals surface area contributed by atoms with E-state index in [2.05, 4.69) is 15.5 Å². The zero-order valence-corrected chi connectivity index (χ0v) is 16.2. The summed E-state index contributed by atoms with van der Waals surface area (Å²) in [5.41, 5.74) is 4.34. The third-order valence-electron chi connectivity index (χ3n) is 4.02. The van der Waals surface area contributed by atoms with Crippen LogP contribution in [0.2, 0.25) is 0 Å². The van der Waals surface area contributed by atoms with E-state index < -0.39 is 4.92 Å². The summed E-state index contributed by atoms with van der Waals surface area (Å²) in [7, 11) is 0. The van der Waals surface area contributed by atoms with Gasteiger partial charge < -0.3 is 5.32 Å². The molecule has 0 aliphatic carbocycles. The van der Waals surface area contributed by atoms with E-state index >= 15 is 0 Å². The first kappa shape index (κ1) is 19.5. The highest BCUT2D eigenvalue weighted by Crippen LogP contribution is 2.23. The number of non-ortho nitro benzene ring substituents is 1. The highest BCUT2D eigenvalue weighted by Gasteiger charge is 2.09. The van der Waals surface area contributed by atoms with Crippen molar-refractivity contribution in [3.8, 4) is 11.3 Å². The molecule has 0 aliphatic rings. The Labute approximate surface area is 166 Å². The first-order valence-electron chi connectivity index (χ1n) is 8.51. The van der Waals surface area contributed by atoms with Crippen molar-refractivity contribution in [2.75, 3.05) is 11.1 Å². The van der Waals surface area contributed by atoms with Gasteiger partial charge in [-0.1, -0.05) is 29.5 Å². The number of thioether (sulfide) groups is 1. The second-order valence-electron chi connectivity index (χ2n) is 6.22. The number of hydrogen-bond acceptors (Lipinski definition) is 6. The van der Waals surface area contributed by atoms with Gasteiger partial charge in [0.25, 0.3) is 5.69 Å². The fourth-order valence-electron chi connectivity index (χ4n) is 2.58. The number of hydrogen-bond donors (Lipinski definition) is 1. The quantitative estimate of drug-likeness (QED) is 0.378. The van der Waals surface area contributed by atoms with Crippen LogP contribution in [-0.4, -0.2) is 26.8 Å². The maximum Gasteiger partial charge on any atom is 0.269 e. The minimum absolute atomic E-state index is 0.0266. The summed E-state index contributed by atoms with van der Waals surface area (Å²) >= 11 is 1.29. The Balaban J connectivity index is 1.58. The molecule has 0 radical (unpaired) electrons. The molecule has 0 unspecified atom stereocenters. The Hall–Kier alpha value is -3.26. The largest absolute Gasteiger partial charge is 0.325 e. The normalized spacial score (nSPS) is 10.5. The van der Waals surface area contributed by atoms with Crippen molar-refractivity contribution in [1.29, 1.82) is 0 Å². The van der Waals surface area contributed by atoms with Gasteiger partial charge in [0.2, 0.25) is 5.91 Å². The van der Waals surface area contributed by atoms with Crippen LogP contribution in [-0.2, 0) is 4.79 Å². The molecule has 1 N–H and O–H groups in total. The minimum atomic E-state index is -0.446. The second kappa shape index (κ2) is 8.62. The summed E-state index contributed by atoms with van der Waals surface area (Å²) in [5.74, 6) is 0.108. The molecular formula is C20H18N4O3S. The molecule has 0 atom stereocenters. The number of nitro benzene ring substituents is 1. The van der Waals surface area contributed by atoms with Crippen molar-refractivity contribution in [1.82, 2.24) is 10.2 Å². The molecular weight excluding hydrogens is 376 g/mol. The lowest BCUT2D eigenvalue weighted by molar-refractivity contribution is -0.384. The van der Waals surface area contributed by atoms with E-state index in [1.54, 1.807) is 24.3 Å². The number of nitro groups is 1. The predicted octanol–water partition coefficient (Wildman–Crippen LogP) is 4.40. The molecule has 7 nitrogen and oxygen atoms in total. The molecule has 0 fully saturated rings. The molecule has 8 heteroatoms. The van der Waals surface area contributed by atoms with E-state index in [1.165, 1.54) is 23.9 Å². The number of rotatable bonds is 6. The number of aryl methyl sites for hydroxylation is 2. The molecule has 1 amide bonds. The monoisotopic (exact) mass is 394 g/mol. The van der Waals surface area contributed by atoms with E-state index in [0.717, 1.165) is 22.4 Å². The Morgan fingerprint density at radius 1 is 1.07 bits per heavy atom. The number of amides is 1. The van der Waals surface area contributed by atoms with Crippen molar-refractivity contribution in [2.24, 2.45) is 0 Å². The van der Waals surface area contributed by atoms with Crippen LogP contribution in [0.4, 0.5) is 11.4 Å². The number of aromatic nitrogens is 2. The van der Waals surface area contributed by atoms with Gasteiger partial charge in [-0.15, -0.1) is 10.2 Å². The number of benzene rings is 2. The van der Waals surface area contributed by atoms with Crippen LogP contribution in [0.5, 0.6) is 0 Å². The predicted molar refractivity (Wildman–Crippen MR) is 109 cm³/mol. The number of anilines is 1. The fraction of sp³-hybridized carbons (Fsp3) is 0.150. The Morgan fingerprint density at radius 3 is 2.43 bits per heavy atom. The lowest BCUT2D eigenvalue weighted by Gasteiger charge is -2.09. The first-order valence-corrected chi connectivity index (χ1v) is 9.49. The fourth-order valence-corrected chi connectivity index (χ4v) is 3.20. The molecule has 3 aromatic rings. The van der Waals surface area contributed by atoms with Gasteiger partial charge in [0.05, 0.1) is 16.4 Å². The highest BCUT2D eigenvalue weighted by molar-refractivity contribution is 7.99. The Kier molecular flexibility index (Phi) is 6.00. The standard InChI is InChI=1S/C20H18N4O3S/c1-13-3-8-17(14(2)11-13)21-19(25)12-28-20-10-9-18(22-23-20)15-4-6-16(7-5-15)24(26)27/h3-11H,12H2,1-2H3,(H,21,25). The van der Waals surface area contributed by atoms with Crippen molar-refractivity contribution < 1.29 is 9.72 Å². The van der Waals surface area contributed by atoms with Crippen molar-refractivity contribution in [2.45, 2.75) is 18.9 Å². The van der Waals surface area contributed by atoms with E-state index in [-0.39, 0.29) is 17.3 Å². The van der Waals surface area contributed by atoms with Crippen LogP contribution in [0.25, 0.3) is 11.3 Å². The van der Waals surface area contributed by atoms with Gasteiger partial charge in [0.15, 0.2) is 0 Å². The molecule has 0 aliphatic heterocycles. The molecule has 2 aromatic carbocycles. The van der Waals surface area contributed by atoms with Crippen molar-refractivity contribution in [3.63, 3.8) is 0 Å². The van der Waals surface area contributed by atoms with Gasteiger partial charge in [0.1, 0.15) is 5.03 Å². The molecule has 28 heavy (non-hydrogen) atoms. The number of nitrogens with one attached hydrogen (secondary N) is 1. The van der Waals surface area contributed by atoms with Crippen LogP contribution < -0.4 is 5.32 Å². The third-order valence-corrected chi connectivity index (χ3v) is 4.94. The van der Waals surface area contributed by atoms with E-state index in [9.17, 15) is 14.9 Å². The molecule has 0 bridgehead atoms. The van der Waals surface area contributed by atoms with Crippen LogP contribution in [0.1, 0.15) is 11.1 Å². The number of carbonyl (C=O) groups excluding carboxylic acids is 1. The van der Waals surface area contributed by atoms with Crippen LogP contribution in [0, 0.1) is 24.0 Å². The smallest absolute Gasteiger partial charge is 0.269 e. The average molecular weight is 394 g/mol. The van der Waals surface area contributed by atoms with Crippen molar-refractivity contribution >= 4 is 29.0 Å². The minimum Gasteiger partial charge on any atom is -0.325 e. The van der Waals surface area contributed by atoms with E-state index in [1.807, 2.05) is 32.0 Å².